The summed E-state index contributed by atoms with van der Waals surface area (Å²) in [4.78, 5) is 23.3. The Bertz CT molecular complexity index is 623. The molecule has 0 aromatic heterocycles. The molecule has 4 heteroatoms. The molecule has 0 aliphatic carbocycles. The molecule has 0 spiro atoms. The number of ether oxygens (including phenoxy) is 1. The fourth-order valence-electron chi connectivity index (χ4n) is 1.86. The first-order valence-corrected chi connectivity index (χ1v) is 6.69. The number of carbonyl (C=O) groups is 2. The molecule has 0 saturated heterocycles. The fourth-order valence-corrected chi connectivity index (χ4v) is 1.86. The van der Waals surface area contributed by atoms with Gasteiger partial charge >= 0.3 is 5.97 Å². The summed E-state index contributed by atoms with van der Waals surface area (Å²) in [6, 6.07) is 16.5. The normalized spacial score (nSPS) is 9.95. The molecule has 108 valence electrons. The summed E-state index contributed by atoms with van der Waals surface area (Å²) in [5.74, 6) is -0.746. The molecule has 2 aromatic rings. The predicted octanol–water partition coefficient (Wildman–Crippen LogP) is 2.47. The van der Waals surface area contributed by atoms with Crippen LogP contribution in [-0.2, 0) is 16.1 Å². The van der Waals surface area contributed by atoms with Crippen LogP contribution in [0.3, 0.4) is 0 Å². The van der Waals surface area contributed by atoms with Crippen molar-refractivity contribution in [1.29, 1.82) is 0 Å². The lowest BCUT2D eigenvalue weighted by atomic mass is 10.1. The van der Waals surface area contributed by atoms with E-state index in [4.69, 9.17) is 4.74 Å². The SMILES string of the molecule is Cc1cccc(COC(=O)CNC(=O)c2ccccc2)c1. The number of benzene rings is 2. The minimum atomic E-state index is -0.458. The molecule has 0 bridgehead atoms. The zero-order valence-corrected chi connectivity index (χ0v) is 11.8. The summed E-state index contributed by atoms with van der Waals surface area (Å²) in [6.45, 7) is 2.05. The molecular weight excluding hydrogens is 266 g/mol. The molecular formula is C17H17NO3. The summed E-state index contributed by atoms with van der Waals surface area (Å²) in [5, 5.41) is 2.53. The van der Waals surface area contributed by atoms with Gasteiger partial charge in [0, 0.05) is 5.56 Å². The van der Waals surface area contributed by atoms with Gasteiger partial charge in [0.2, 0.25) is 0 Å². The molecule has 0 heterocycles. The number of aryl methyl sites for hydroxylation is 1. The Labute approximate surface area is 123 Å². The lowest BCUT2D eigenvalue weighted by Crippen LogP contribution is -2.30. The highest BCUT2D eigenvalue weighted by molar-refractivity contribution is 5.95. The van der Waals surface area contributed by atoms with Crippen LogP contribution in [0.25, 0.3) is 0 Å². The average Bonchev–Trinajstić information content (AvgIpc) is 2.51. The third-order valence-corrected chi connectivity index (χ3v) is 2.91. The average molecular weight is 283 g/mol. The first kappa shape index (κ1) is 14.8. The molecule has 0 fully saturated rings. The number of esters is 1. The number of hydrogen-bond acceptors (Lipinski definition) is 3. The van der Waals surface area contributed by atoms with Gasteiger partial charge in [-0.1, -0.05) is 48.0 Å². The van der Waals surface area contributed by atoms with Crippen molar-refractivity contribution in [3.63, 3.8) is 0 Å². The molecule has 0 atom stereocenters. The highest BCUT2D eigenvalue weighted by Crippen LogP contribution is 2.05. The molecule has 0 radical (unpaired) electrons. The van der Waals surface area contributed by atoms with E-state index in [1.165, 1.54) is 0 Å². The zero-order chi connectivity index (χ0) is 15.1. The molecule has 0 aliphatic rings. The Hall–Kier alpha value is -2.62. The van der Waals surface area contributed by atoms with Gasteiger partial charge in [-0.25, -0.2) is 0 Å². The second kappa shape index (κ2) is 7.24. The van der Waals surface area contributed by atoms with E-state index in [0.29, 0.717) is 5.56 Å². The third-order valence-electron chi connectivity index (χ3n) is 2.91. The van der Waals surface area contributed by atoms with Crippen molar-refractivity contribution in [3.8, 4) is 0 Å². The van der Waals surface area contributed by atoms with Crippen LogP contribution < -0.4 is 5.32 Å². The number of nitrogens with one attached hydrogen (secondary N) is 1. The molecule has 1 N–H and O–H groups in total. The first-order chi connectivity index (χ1) is 10.1. The topological polar surface area (TPSA) is 55.4 Å². The lowest BCUT2D eigenvalue weighted by Gasteiger charge is -2.07. The highest BCUT2D eigenvalue weighted by Gasteiger charge is 2.08. The summed E-state index contributed by atoms with van der Waals surface area (Å²) in [6.07, 6.45) is 0. The van der Waals surface area contributed by atoms with Gasteiger partial charge in [-0.05, 0) is 24.6 Å². The Morgan fingerprint density at radius 2 is 1.81 bits per heavy atom. The summed E-state index contributed by atoms with van der Waals surface area (Å²) < 4.78 is 5.12. The summed E-state index contributed by atoms with van der Waals surface area (Å²) in [7, 11) is 0. The van der Waals surface area contributed by atoms with Crippen LogP contribution in [0.5, 0.6) is 0 Å². The quantitative estimate of drug-likeness (QED) is 0.858. The Balaban J connectivity index is 1.76. The number of amides is 1. The van der Waals surface area contributed by atoms with Gasteiger partial charge in [0.25, 0.3) is 5.91 Å². The van der Waals surface area contributed by atoms with E-state index in [2.05, 4.69) is 5.32 Å². The van der Waals surface area contributed by atoms with Crippen LogP contribution in [0.15, 0.2) is 54.6 Å². The van der Waals surface area contributed by atoms with Crippen molar-refractivity contribution < 1.29 is 14.3 Å². The first-order valence-electron chi connectivity index (χ1n) is 6.69. The van der Waals surface area contributed by atoms with Crippen LogP contribution in [-0.4, -0.2) is 18.4 Å². The maximum absolute atomic E-state index is 11.7. The molecule has 2 rings (SSSR count). The van der Waals surface area contributed by atoms with Gasteiger partial charge in [-0.3, -0.25) is 9.59 Å². The van der Waals surface area contributed by atoms with E-state index in [0.717, 1.165) is 11.1 Å². The van der Waals surface area contributed by atoms with Crippen molar-refractivity contribution in [3.05, 3.63) is 71.3 Å². The van der Waals surface area contributed by atoms with Crippen LogP contribution in [0.1, 0.15) is 21.5 Å². The van der Waals surface area contributed by atoms with Crippen LogP contribution >= 0.6 is 0 Å². The van der Waals surface area contributed by atoms with E-state index < -0.39 is 5.97 Å². The van der Waals surface area contributed by atoms with Gasteiger partial charge in [0.15, 0.2) is 0 Å². The van der Waals surface area contributed by atoms with Gasteiger partial charge in [-0.2, -0.15) is 0 Å². The molecule has 0 unspecified atom stereocenters. The van der Waals surface area contributed by atoms with Crippen molar-refractivity contribution >= 4 is 11.9 Å². The smallest absolute Gasteiger partial charge is 0.325 e. The van der Waals surface area contributed by atoms with Gasteiger partial charge < -0.3 is 10.1 Å². The minimum absolute atomic E-state index is 0.139. The van der Waals surface area contributed by atoms with Crippen molar-refractivity contribution in [2.45, 2.75) is 13.5 Å². The Morgan fingerprint density at radius 1 is 1.05 bits per heavy atom. The number of rotatable bonds is 5. The third kappa shape index (κ3) is 4.76. The van der Waals surface area contributed by atoms with Crippen LogP contribution in [0.4, 0.5) is 0 Å². The van der Waals surface area contributed by atoms with Crippen LogP contribution in [0.2, 0.25) is 0 Å². The fraction of sp³-hybridized carbons (Fsp3) is 0.176. The second-order valence-electron chi connectivity index (χ2n) is 4.70. The maximum Gasteiger partial charge on any atom is 0.325 e. The van der Waals surface area contributed by atoms with Gasteiger partial charge in [0.1, 0.15) is 13.2 Å². The second-order valence-corrected chi connectivity index (χ2v) is 4.70. The zero-order valence-electron chi connectivity index (χ0n) is 11.8. The molecule has 0 saturated carbocycles. The van der Waals surface area contributed by atoms with Crippen LogP contribution in [0, 0.1) is 6.92 Å². The van der Waals surface area contributed by atoms with E-state index in [-0.39, 0.29) is 19.1 Å². The minimum Gasteiger partial charge on any atom is -0.460 e. The largest absolute Gasteiger partial charge is 0.460 e. The Morgan fingerprint density at radius 3 is 2.52 bits per heavy atom. The van der Waals surface area contributed by atoms with E-state index in [1.54, 1.807) is 24.3 Å². The van der Waals surface area contributed by atoms with Gasteiger partial charge in [-0.15, -0.1) is 0 Å². The summed E-state index contributed by atoms with van der Waals surface area (Å²) >= 11 is 0. The van der Waals surface area contributed by atoms with Crippen molar-refractivity contribution in [1.82, 2.24) is 5.32 Å². The van der Waals surface area contributed by atoms with Gasteiger partial charge in [0.05, 0.1) is 0 Å². The lowest BCUT2D eigenvalue weighted by molar-refractivity contribution is -0.143. The Kier molecular flexibility index (Phi) is 5.10. The predicted molar refractivity (Wildman–Crippen MR) is 79.8 cm³/mol. The molecule has 2 aromatic carbocycles. The monoisotopic (exact) mass is 283 g/mol. The van der Waals surface area contributed by atoms with Crippen molar-refractivity contribution in [2.75, 3.05) is 6.54 Å². The molecule has 4 nitrogen and oxygen atoms in total. The number of carbonyl (C=O) groups excluding carboxylic acids is 2. The molecule has 1 amide bonds. The highest BCUT2D eigenvalue weighted by atomic mass is 16.5. The standard InChI is InChI=1S/C17H17NO3/c1-13-6-5-7-14(10-13)12-21-16(19)11-18-17(20)15-8-3-2-4-9-15/h2-10H,11-12H2,1H3,(H,18,20). The van der Waals surface area contributed by atoms with Crippen molar-refractivity contribution in [2.24, 2.45) is 0 Å². The maximum atomic E-state index is 11.7. The summed E-state index contributed by atoms with van der Waals surface area (Å²) in [5.41, 5.74) is 2.56. The molecule has 21 heavy (non-hydrogen) atoms. The van der Waals surface area contributed by atoms with E-state index >= 15 is 0 Å². The number of hydrogen-bond donors (Lipinski definition) is 1. The van der Waals surface area contributed by atoms with E-state index in [9.17, 15) is 9.59 Å². The van der Waals surface area contributed by atoms with E-state index in [1.807, 2.05) is 37.3 Å². The molecule has 0 aliphatic heterocycles.